The maximum Gasteiger partial charge on any atom is 0.387 e. The van der Waals surface area contributed by atoms with Gasteiger partial charge in [0.25, 0.3) is 5.91 Å². The van der Waals surface area contributed by atoms with Gasteiger partial charge in [0.2, 0.25) is 0 Å². The third kappa shape index (κ3) is 4.99. The van der Waals surface area contributed by atoms with Gasteiger partial charge in [0.1, 0.15) is 0 Å². The lowest BCUT2D eigenvalue weighted by atomic mass is 10.1. The molecule has 0 aromatic heterocycles. The molecule has 1 heterocycles. The second-order valence-corrected chi connectivity index (χ2v) is 4.74. The summed E-state index contributed by atoms with van der Waals surface area (Å²) in [5, 5.41) is 6.14. The Morgan fingerprint density at radius 3 is 2.59 bits per heavy atom. The van der Waals surface area contributed by atoms with E-state index in [1.165, 1.54) is 25.3 Å². The minimum Gasteiger partial charge on any atom is -0.493 e. The van der Waals surface area contributed by atoms with Crippen molar-refractivity contribution in [1.82, 2.24) is 10.6 Å². The first-order valence-corrected chi connectivity index (χ1v) is 6.74. The summed E-state index contributed by atoms with van der Waals surface area (Å²) < 4.78 is 33.8. The minimum absolute atomic E-state index is 0. The third-order valence-corrected chi connectivity index (χ3v) is 3.32. The monoisotopic (exact) mass is 336 g/mol. The molecule has 22 heavy (non-hydrogen) atoms. The average Bonchev–Trinajstić information content (AvgIpc) is 2.48. The van der Waals surface area contributed by atoms with E-state index in [0.29, 0.717) is 5.56 Å². The van der Waals surface area contributed by atoms with Crippen LogP contribution in [0.1, 0.15) is 23.2 Å². The fourth-order valence-electron chi connectivity index (χ4n) is 2.24. The summed E-state index contributed by atoms with van der Waals surface area (Å²) >= 11 is 0. The zero-order valence-electron chi connectivity index (χ0n) is 12.1. The fourth-order valence-corrected chi connectivity index (χ4v) is 2.24. The first kappa shape index (κ1) is 18.4. The van der Waals surface area contributed by atoms with Crippen LogP contribution in [0.15, 0.2) is 18.2 Å². The van der Waals surface area contributed by atoms with Crippen LogP contribution in [-0.2, 0) is 0 Å². The first-order chi connectivity index (χ1) is 10.1. The van der Waals surface area contributed by atoms with Gasteiger partial charge in [-0.25, -0.2) is 0 Å². The summed E-state index contributed by atoms with van der Waals surface area (Å²) in [4.78, 5) is 12.1. The van der Waals surface area contributed by atoms with Crippen LogP contribution >= 0.6 is 12.4 Å². The van der Waals surface area contributed by atoms with Gasteiger partial charge in [-0.15, -0.1) is 12.4 Å². The number of carbonyl (C=O) groups excluding carboxylic acids is 1. The van der Waals surface area contributed by atoms with Crippen molar-refractivity contribution in [2.75, 3.05) is 20.2 Å². The number of nitrogens with one attached hydrogen (secondary N) is 2. The number of alkyl halides is 2. The van der Waals surface area contributed by atoms with Gasteiger partial charge in [0, 0.05) is 11.6 Å². The molecule has 124 valence electrons. The Hall–Kier alpha value is -1.60. The van der Waals surface area contributed by atoms with Crippen LogP contribution in [0.25, 0.3) is 0 Å². The number of rotatable bonds is 5. The SMILES string of the molecule is COc1cc(C(=O)NC2CCNCC2)ccc1OC(F)F.Cl. The molecule has 0 atom stereocenters. The lowest BCUT2D eigenvalue weighted by molar-refractivity contribution is -0.0512. The largest absolute Gasteiger partial charge is 0.493 e. The van der Waals surface area contributed by atoms with Crippen molar-refractivity contribution in [2.24, 2.45) is 0 Å². The van der Waals surface area contributed by atoms with E-state index >= 15 is 0 Å². The maximum atomic E-state index is 12.2. The highest BCUT2D eigenvalue weighted by molar-refractivity contribution is 5.95. The number of piperidine rings is 1. The van der Waals surface area contributed by atoms with Crippen LogP contribution in [-0.4, -0.2) is 38.8 Å². The lowest BCUT2D eigenvalue weighted by Gasteiger charge is -2.23. The maximum absolute atomic E-state index is 12.2. The number of benzene rings is 1. The molecule has 1 aliphatic heterocycles. The first-order valence-electron chi connectivity index (χ1n) is 6.74. The molecular weight excluding hydrogens is 318 g/mol. The van der Waals surface area contributed by atoms with Gasteiger partial charge in [-0.3, -0.25) is 4.79 Å². The molecule has 2 rings (SSSR count). The van der Waals surface area contributed by atoms with Crippen LogP contribution in [0, 0.1) is 0 Å². The molecule has 0 spiro atoms. The molecule has 1 fully saturated rings. The Bertz CT molecular complexity index is 497. The van der Waals surface area contributed by atoms with Gasteiger partial charge in [-0.05, 0) is 44.1 Å². The molecule has 1 saturated heterocycles. The van der Waals surface area contributed by atoms with Gasteiger partial charge >= 0.3 is 6.61 Å². The topological polar surface area (TPSA) is 59.6 Å². The molecule has 0 saturated carbocycles. The smallest absolute Gasteiger partial charge is 0.387 e. The van der Waals surface area contributed by atoms with E-state index in [4.69, 9.17) is 4.74 Å². The van der Waals surface area contributed by atoms with Crippen molar-refractivity contribution in [3.8, 4) is 11.5 Å². The van der Waals surface area contributed by atoms with Crippen molar-refractivity contribution < 1.29 is 23.0 Å². The molecule has 1 aromatic carbocycles. The molecule has 0 aliphatic carbocycles. The number of ether oxygens (including phenoxy) is 2. The van der Waals surface area contributed by atoms with Crippen LogP contribution in [0.4, 0.5) is 8.78 Å². The predicted molar refractivity (Wildman–Crippen MR) is 80.2 cm³/mol. The van der Waals surface area contributed by atoms with Gasteiger partial charge < -0.3 is 20.1 Å². The molecule has 1 amide bonds. The Balaban J connectivity index is 0.00000242. The lowest BCUT2D eigenvalue weighted by Crippen LogP contribution is -2.42. The van der Waals surface area contributed by atoms with Crippen LogP contribution in [0.3, 0.4) is 0 Å². The highest BCUT2D eigenvalue weighted by Gasteiger charge is 2.18. The van der Waals surface area contributed by atoms with Crippen molar-refractivity contribution in [2.45, 2.75) is 25.5 Å². The second kappa shape index (κ2) is 8.75. The highest BCUT2D eigenvalue weighted by Crippen LogP contribution is 2.29. The standard InChI is InChI=1S/C14H18F2N2O3.ClH/c1-20-12-8-9(2-3-11(12)21-14(15)16)13(19)18-10-4-6-17-7-5-10;/h2-3,8,10,14,17H,4-7H2,1H3,(H,18,19);1H. The highest BCUT2D eigenvalue weighted by atomic mass is 35.5. The van der Waals surface area contributed by atoms with E-state index in [1.54, 1.807) is 0 Å². The number of amides is 1. The molecule has 1 aromatic rings. The summed E-state index contributed by atoms with van der Waals surface area (Å²) in [5.74, 6) is -0.233. The number of hydrogen-bond acceptors (Lipinski definition) is 4. The summed E-state index contributed by atoms with van der Waals surface area (Å²) in [5.41, 5.74) is 0.354. The Morgan fingerprint density at radius 1 is 1.32 bits per heavy atom. The average molecular weight is 337 g/mol. The molecule has 0 bridgehead atoms. The molecule has 0 unspecified atom stereocenters. The fraction of sp³-hybridized carbons (Fsp3) is 0.500. The Kier molecular flexibility index (Phi) is 7.34. The number of carbonyl (C=O) groups is 1. The quantitative estimate of drug-likeness (QED) is 0.865. The van der Waals surface area contributed by atoms with Crippen LogP contribution < -0.4 is 20.1 Å². The summed E-state index contributed by atoms with van der Waals surface area (Å²) in [6, 6.07) is 4.27. The van der Waals surface area contributed by atoms with Gasteiger partial charge in [-0.1, -0.05) is 0 Å². The Labute approximate surface area is 133 Å². The predicted octanol–water partition coefficient (Wildman–Crippen LogP) is 2.20. The van der Waals surface area contributed by atoms with Crippen LogP contribution in [0.5, 0.6) is 11.5 Å². The van der Waals surface area contributed by atoms with E-state index in [0.717, 1.165) is 25.9 Å². The number of methoxy groups -OCH3 is 1. The summed E-state index contributed by atoms with van der Waals surface area (Å²) in [6.07, 6.45) is 1.74. The normalized spacial score (nSPS) is 15.1. The summed E-state index contributed by atoms with van der Waals surface area (Å²) in [7, 11) is 1.34. The molecule has 0 radical (unpaired) electrons. The van der Waals surface area contributed by atoms with E-state index in [9.17, 15) is 13.6 Å². The Morgan fingerprint density at radius 2 is 2.00 bits per heavy atom. The summed E-state index contributed by atoms with van der Waals surface area (Å²) in [6.45, 7) is -1.20. The van der Waals surface area contributed by atoms with E-state index < -0.39 is 6.61 Å². The van der Waals surface area contributed by atoms with E-state index in [2.05, 4.69) is 15.4 Å². The van der Waals surface area contributed by atoms with Crippen molar-refractivity contribution in [1.29, 1.82) is 0 Å². The molecule has 5 nitrogen and oxygen atoms in total. The van der Waals surface area contributed by atoms with Crippen molar-refractivity contribution >= 4 is 18.3 Å². The zero-order chi connectivity index (χ0) is 15.2. The van der Waals surface area contributed by atoms with Gasteiger partial charge in [-0.2, -0.15) is 8.78 Å². The van der Waals surface area contributed by atoms with Crippen LogP contribution in [0.2, 0.25) is 0 Å². The van der Waals surface area contributed by atoms with Crippen molar-refractivity contribution in [3.05, 3.63) is 23.8 Å². The van der Waals surface area contributed by atoms with E-state index in [1.807, 2.05) is 0 Å². The third-order valence-electron chi connectivity index (χ3n) is 3.32. The second-order valence-electron chi connectivity index (χ2n) is 4.74. The molecular formula is C14H19ClF2N2O3. The van der Waals surface area contributed by atoms with Gasteiger partial charge in [0.05, 0.1) is 7.11 Å². The number of hydrogen-bond donors (Lipinski definition) is 2. The number of halogens is 3. The van der Waals surface area contributed by atoms with Crippen molar-refractivity contribution in [3.63, 3.8) is 0 Å². The molecule has 8 heteroatoms. The minimum atomic E-state index is -2.94. The molecule has 1 aliphatic rings. The van der Waals surface area contributed by atoms with Gasteiger partial charge in [0.15, 0.2) is 11.5 Å². The zero-order valence-corrected chi connectivity index (χ0v) is 12.9. The van der Waals surface area contributed by atoms with E-state index in [-0.39, 0.29) is 35.9 Å². The molecule has 2 N–H and O–H groups in total.